The molecule has 1 fully saturated rings. The van der Waals surface area contributed by atoms with Crippen LogP contribution in [0.1, 0.15) is 29.5 Å². The third-order valence-corrected chi connectivity index (χ3v) is 6.68. The van der Waals surface area contributed by atoms with Gasteiger partial charge in [0.1, 0.15) is 6.54 Å². The summed E-state index contributed by atoms with van der Waals surface area (Å²) in [6, 6.07) is 15.7. The maximum atomic E-state index is 12.5. The molecular formula is C23H30N4O3S. The minimum atomic E-state index is -3.62. The summed E-state index contributed by atoms with van der Waals surface area (Å²) in [6.07, 6.45) is 2.66. The van der Waals surface area contributed by atoms with Gasteiger partial charge in [0.05, 0.1) is 11.9 Å². The van der Waals surface area contributed by atoms with Crippen molar-refractivity contribution in [2.75, 3.05) is 30.2 Å². The Bertz CT molecular complexity index is 1040. The summed E-state index contributed by atoms with van der Waals surface area (Å²) < 4.78 is 25.8. The highest BCUT2D eigenvalue weighted by Crippen LogP contribution is 2.24. The van der Waals surface area contributed by atoms with Crippen LogP contribution in [0.2, 0.25) is 0 Å². The van der Waals surface area contributed by atoms with Gasteiger partial charge in [-0.1, -0.05) is 42.5 Å². The van der Waals surface area contributed by atoms with E-state index in [1.165, 1.54) is 5.56 Å². The van der Waals surface area contributed by atoms with Gasteiger partial charge in [0.25, 0.3) is 5.91 Å². The second-order valence-corrected chi connectivity index (χ2v) is 9.87. The van der Waals surface area contributed by atoms with E-state index in [9.17, 15) is 13.2 Å². The van der Waals surface area contributed by atoms with Crippen molar-refractivity contribution in [3.63, 3.8) is 0 Å². The molecule has 1 aliphatic heterocycles. The van der Waals surface area contributed by atoms with Gasteiger partial charge in [0.2, 0.25) is 10.0 Å². The van der Waals surface area contributed by atoms with Crippen molar-refractivity contribution in [3.05, 3.63) is 65.2 Å². The van der Waals surface area contributed by atoms with Crippen molar-refractivity contribution in [2.24, 2.45) is 5.10 Å². The average Bonchev–Trinajstić information content (AvgIpc) is 2.74. The van der Waals surface area contributed by atoms with Gasteiger partial charge in [-0.15, -0.1) is 0 Å². The van der Waals surface area contributed by atoms with Gasteiger partial charge in [-0.3, -0.25) is 14.0 Å². The average molecular weight is 443 g/mol. The summed E-state index contributed by atoms with van der Waals surface area (Å²) >= 11 is 0. The maximum absolute atomic E-state index is 12.5. The molecule has 1 heterocycles. The van der Waals surface area contributed by atoms with Crippen molar-refractivity contribution in [2.45, 2.75) is 33.2 Å². The quantitative estimate of drug-likeness (QED) is 0.669. The van der Waals surface area contributed by atoms with Crippen molar-refractivity contribution in [3.8, 4) is 0 Å². The molecule has 1 amide bonds. The van der Waals surface area contributed by atoms with Crippen LogP contribution in [0.25, 0.3) is 0 Å². The van der Waals surface area contributed by atoms with Crippen LogP contribution in [0.3, 0.4) is 0 Å². The van der Waals surface area contributed by atoms with Gasteiger partial charge < -0.3 is 0 Å². The molecule has 0 atom stereocenters. The first-order chi connectivity index (χ1) is 14.7. The Labute approximate surface area is 184 Å². The number of nitrogens with zero attached hydrogens (tertiary/aromatic N) is 3. The highest BCUT2D eigenvalue weighted by atomic mass is 32.2. The molecule has 0 aliphatic carbocycles. The van der Waals surface area contributed by atoms with E-state index >= 15 is 0 Å². The van der Waals surface area contributed by atoms with Gasteiger partial charge >= 0.3 is 0 Å². The monoisotopic (exact) mass is 442 g/mol. The minimum Gasteiger partial charge on any atom is -0.298 e. The Balaban J connectivity index is 1.57. The zero-order valence-corrected chi connectivity index (χ0v) is 19.2. The maximum Gasteiger partial charge on any atom is 0.260 e. The van der Waals surface area contributed by atoms with E-state index in [0.717, 1.165) is 59.9 Å². The lowest BCUT2D eigenvalue weighted by Crippen LogP contribution is -2.40. The zero-order valence-electron chi connectivity index (χ0n) is 18.3. The van der Waals surface area contributed by atoms with Gasteiger partial charge in [-0.2, -0.15) is 5.10 Å². The third kappa shape index (κ3) is 6.38. The van der Waals surface area contributed by atoms with E-state index in [1.54, 1.807) is 12.1 Å². The number of sulfonamides is 1. The predicted octanol–water partition coefficient (Wildman–Crippen LogP) is 2.84. The molecule has 0 spiro atoms. The molecule has 166 valence electrons. The summed E-state index contributed by atoms with van der Waals surface area (Å²) in [5.74, 6) is -0.453. The van der Waals surface area contributed by atoms with E-state index in [-0.39, 0.29) is 6.54 Å². The molecule has 0 aromatic heterocycles. The number of hydrogen-bond donors (Lipinski definition) is 1. The van der Waals surface area contributed by atoms with E-state index in [0.29, 0.717) is 5.69 Å². The summed E-state index contributed by atoms with van der Waals surface area (Å²) in [7, 11) is -3.62. The molecule has 1 N–H and O–H groups in total. The number of anilines is 1. The lowest BCUT2D eigenvalue weighted by atomic mass is 10.1. The SMILES string of the molecule is Cc1cccc(N(CC(=O)NN=C2CCN(Cc3ccccc3)CC2)S(C)(=O)=O)c1C. The lowest BCUT2D eigenvalue weighted by Gasteiger charge is -2.27. The Morgan fingerprint density at radius 1 is 1.06 bits per heavy atom. The molecular weight excluding hydrogens is 412 g/mol. The number of rotatable bonds is 7. The van der Waals surface area contributed by atoms with Crippen LogP contribution in [0.15, 0.2) is 53.6 Å². The standard InChI is InChI=1S/C23H30N4O3S/c1-18-8-7-11-22(19(18)2)27(31(3,29)30)17-23(28)25-24-21-12-14-26(15-13-21)16-20-9-5-4-6-10-20/h4-11H,12-17H2,1-3H3,(H,25,28). The van der Waals surface area contributed by atoms with Crippen molar-refractivity contribution >= 4 is 27.3 Å². The van der Waals surface area contributed by atoms with Crippen LogP contribution >= 0.6 is 0 Å². The largest absolute Gasteiger partial charge is 0.298 e. The molecule has 0 bridgehead atoms. The molecule has 31 heavy (non-hydrogen) atoms. The van der Waals surface area contributed by atoms with Crippen LogP contribution in [0.5, 0.6) is 0 Å². The smallest absolute Gasteiger partial charge is 0.260 e. The van der Waals surface area contributed by atoms with E-state index in [1.807, 2.05) is 38.1 Å². The fourth-order valence-corrected chi connectivity index (χ4v) is 4.52. The molecule has 2 aromatic carbocycles. The number of carbonyl (C=O) groups excluding carboxylic acids is 1. The third-order valence-electron chi connectivity index (χ3n) is 5.55. The van der Waals surface area contributed by atoms with Crippen LogP contribution in [0, 0.1) is 13.8 Å². The number of benzene rings is 2. The van der Waals surface area contributed by atoms with Crippen LogP contribution in [0.4, 0.5) is 5.69 Å². The van der Waals surface area contributed by atoms with Gasteiger partial charge in [0, 0.05) is 38.2 Å². The van der Waals surface area contributed by atoms with E-state index in [4.69, 9.17) is 0 Å². The molecule has 0 unspecified atom stereocenters. The topological polar surface area (TPSA) is 82.1 Å². The van der Waals surface area contributed by atoms with Gasteiger partial charge in [0.15, 0.2) is 0 Å². The second kappa shape index (κ2) is 10.1. The molecule has 1 saturated heterocycles. The molecule has 1 aliphatic rings. The zero-order chi connectivity index (χ0) is 22.4. The Morgan fingerprint density at radius 2 is 1.74 bits per heavy atom. The molecule has 7 nitrogen and oxygen atoms in total. The summed E-state index contributed by atoms with van der Waals surface area (Å²) in [5.41, 5.74) is 7.07. The molecule has 0 saturated carbocycles. The highest BCUT2D eigenvalue weighted by Gasteiger charge is 2.23. The van der Waals surface area contributed by atoms with E-state index in [2.05, 4.69) is 27.6 Å². The number of hydrogen-bond acceptors (Lipinski definition) is 5. The molecule has 8 heteroatoms. The number of aryl methyl sites for hydroxylation is 1. The number of hydrazone groups is 1. The van der Waals surface area contributed by atoms with Gasteiger partial charge in [-0.05, 0) is 36.6 Å². The normalized spacial score (nSPS) is 14.9. The Hall–Kier alpha value is -2.71. The Kier molecular flexibility index (Phi) is 7.46. The number of likely N-dealkylation sites (tertiary alicyclic amines) is 1. The number of carbonyl (C=O) groups is 1. The number of amides is 1. The first-order valence-corrected chi connectivity index (χ1v) is 12.2. The predicted molar refractivity (Wildman–Crippen MR) is 125 cm³/mol. The molecule has 0 radical (unpaired) electrons. The molecule has 2 aromatic rings. The summed E-state index contributed by atoms with van der Waals surface area (Å²) in [5, 5.41) is 4.26. The summed E-state index contributed by atoms with van der Waals surface area (Å²) in [6.45, 7) is 6.11. The van der Waals surface area contributed by atoms with Crippen LogP contribution in [-0.2, 0) is 21.4 Å². The fraction of sp³-hybridized carbons (Fsp3) is 0.391. The van der Waals surface area contributed by atoms with Crippen molar-refractivity contribution < 1.29 is 13.2 Å². The fourth-order valence-electron chi connectivity index (χ4n) is 3.62. The first-order valence-electron chi connectivity index (χ1n) is 10.4. The van der Waals surface area contributed by atoms with Crippen molar-refractivity contribution in [1.29, 1.82) is 0 Å². The first kappa shape index (κ1) is 23.0. The van der Waals surface area contributed by atoms with Gasteiger partial charge in [-0.25, -0.2) is 13.8 Å². The molecule has 3 rings (SSSR count). The number of nitrogens with one attached hydrogen (secondary N) is 1. The number of piperidine rings is 1. The van der Waals surface area contributed by atoms with E-state index < -0.39 is 15.9 Å². The minimum absolute atomic E-state index is 0.306. The highest BCUT2D eigenvalue weighted by molar-refractivity contribution is 7.92. The Morgan fingerprint density at radius 3 is 2.39 bits per heavy atom. The summed E-state index contributed by atoms with van der Waals surface area (Å²) in [4.78, 5) is 14.8. The van der Waals surface area contributed by atoms with Crippen LogP contribution < -0.4 is 9.73 Å². The second-order valence-electron chi connectivity index (χ2n) is 7.96. The lowest BCUT2D eigenvalue weighted by molar-refractivity contribution is -0.119. The van der Waals surface area contributed by atoms with Crippen LogP contribution in [-0.4, -0.2) is 50.8 Å². The van der Waals surface area contributed by atoms with Crippen molar-refractivity contribution in [1.82, 2.24) is 10.3 Å².